The molecule has 0 saturated heterocycles. The van der Waals surface area contributed by atoms with Crippen LogP contribution in [0.3, 0.4) is 0 Å². The Morgan fingerprint density at radius 2 is 2.03 bits per heavy atom. The summed E-state index contributed by atoms with van der Waals surface area (Å²) in [5, 5.41) is 11.1. The van der Waals surface area contributed by atoms with Crippen LogP contribution in [0.1, 0.15) is 58.2 Å². The first-order chi connectivity index (χ1) is 15.0. The Bertz CT molecular complexity index is 1270. The number of hydrogen-bond acceptors (Lipinski definition) is 4. The number of fused-ring (bicyclic) bond motifs is 1. The Balaban J connectivity index is 1.36. The van der Waals surface area contributed by atoms with E-state index in [0.29, 0.717) is 18.1 Å². The molecule has 0 spiro atoms. The van der Waals surface area contributed by atoms with Crippen molar-refractivity contribution in [3.8, 4) is 0 Å². The number of amides is 1. The van der Waals surface area contributed by atoms with Gasteiger partial charge in [0.25, 0.3) is 12.3 Å². The Hall–Kier alpha value is -3.62. The molecule has 1 N–H and O–H groups in total. The maximum atomic E-state index is 13.5. The monoisotopic (exact) mass is 422 g/mol. The van der Waals surface area contributed by atoms with E-state index in [9.17, 15) is 13.6 Å². The molecular formula is C22H20F2N6O. The fourth-order valence-corrected chi connectivity index (χ4v) is 3.57. The van der Waals surface area contributed by atoms with Crippen molar-refractivity contribution in [2.24, 2.45) is 0 Å². The molecule has 0 unspecified atom stereocenters. The molecular weight excluding hydrogens is 402 g/mol. The van der Waals surface area contributed by atoms with E-state index in [-0.39, 0.29) is 23.0 Å². The highest BCUT2D eigenvalue weighted by atomic mass is 19.3. The standard InChI is InChI=1S/C22H20F2N6O/c1-13-3-2-4-14(9-13)12-29-8-7-19(28-29)26-22(31)17-11-20-25-16(15-5-6-15)10-18(21(23)24)30(20)27-17/h2-4,7-11,15,21H,5-6,12H2,1H3,(H,26,28,31). The average molecular weight is 422 g/mol. The van der Waals surface area contributed by atoms with Gasteiger partial charge in [-0.1, -0.05) is 29.8 Å². The van der Waals surface area contributed by atoms with Crippen molar-refractivity contribution in [1.82, 2.24) is 24.4 Å². The first-order valence-electron chi connectivity index (χ1n) is 10.1. The minimum absolute atomic E-state index is 0.00980. The Morgan fingerprint density at radius 3 is 2.77 bits per heavy atom. The number of alkyl halides is 2. The van der Waals surface area contributed by atoms with Gasteiger partial charge in [0, 0.05) is 29.9 Å². The summed E-state index contributed by atoms with van der Waals surface area (Å²) >= 11 is 0. The minimum Gasteiger partial charge on any atom is -0.304 e. The molecule has 31 heavy (non-hydrogen) atoms. The third-order valence-corrected chi connectivity index (χ3v) is 5.24. The van der Waals surface area contributed by atoms with Crippen molar-refractivity contribution in [2.45, 2.75) is 38.7 Å². The Kier molecular flexibility index (Phi) is 4.72. The lowest BCUT2D eigenvalue weighted by atomic mass is 10.1. The van der Waals surface area contributed by atoms with Crippen molar-refractivity contribution in [3.63, 3.8) is 0 Å². The van der Waals surface area contributed by atoms with Gasteiger partial charge in [0.1, 0.15) is 5.69 Å². The number of hydrogen-bond donors (Lipinski definition) is 1. The molecule has 7 nitrogen and oxygen atoms in total. The summed E-state index contributed by atoms with van der Waals surface area (Å²) in [6.07, 6.45) is 0.938. The SMILES string of the molecule is Cc1cccc(Cn2ccc(NC(=O)c3cc4nc(C5CC5)cc(C(F)F)n4n3)n2)c1. The van der Waals surface area contributed by atoms with Crippen molar-refractivity contribution in [1.29, 1.82) is 0 Å². The number of carbonyl (C=O) groups excluding carboxylic acids is 1. The summed E-state index contributed by atoms with van der Waals surface area (Å²) in [6, 6.07) is 12.6. The van der Waals surface area contributed by atoms with Crippen LogP contribution in [0.25, 0.3) is 5.65 Å². The van der Waals surface area contributed by atoms with Crippen LogP contribution in [0.15, 0.2) is 48.7 Å². The number of nitrogens with zero attached hydrogens (tertiary/aromatic N) is 5. The molecule has 4 aromatic rings. The summed E-state index contributed by atoms with van der Waals surface area (Å²) in [5.74, 6) is 0.0435. The number of aryl methyl sites for hydroxylation is 1. The van der Waals surface area contributed by atoms with Gasteiger partial charge in [-0.2, -0.15) is 10.2 Å². The first-order valence-corrected chi connectivity index (χ1v) is 10.1. The summed E-state index contributed by atoms with van der Waals surface area (Å²) in [5.41, 5.74) is 2.88. The van der Waals surface area contributed by atoms with Crippen LogP contribution in [0.4, 0.5) is 14.6 Å². The fourth-order valence-electron chi connectivity index (χ4n) is 3.57. The topological polar surface area (TPSA) is 77.1 Å². The second-order valence-electron chi connectivity index (χ2n) is 7.82. The summed E-state index contributed by atoms with van der Waals surface area (Å²) in [7, 11) is 0. The van der Waals surface area contributed by atoms with Gasteiger partial charge in [-0.25, -0.2) is 18.3 Å². The van der Waals surface area contributed by atoms with Crippen LogP contribution in [-0.4, -0.2) is 30.3 Å². The quantitative estimate of drug-likeness (QED) is 0.501. The predicted octanol–water partition coefficient (Wildman–Crippen LogP) is 4.35. The van der Waals surface area contributed by atoms with E-state index in [4.69, 9.17) is 0 Å². The molecule has 1 amide bonds. The number of carbonyl (C=O) groups is 1. The van der Waals surface area contributed by atoms with Crippen LogP contribution < -0.4 is 5.32 Å². The highest BCUT2D eigenvalue weighted by molar-refractivity contribution is 6.02. The average Bonchev–Trinajstić information content (AvgIpc) is 3.35. The smallest absolute Gasteiger partial charge is 0.280 e. The van der Waals surface area contributed by atoms with E-state index < -0.39 is 12.3 Å². The summed E-state index contributed by atoms with van der Waals surface area (Å²) < 4.78 is 29.8. The normalized spacial score (nSPS) is 13.8. The van der Waals surface area contributed by atoms with E-state index in [0.717, 1.165) is 28.5 Å². The van der Waals surface area contributed by atoms with Gasteiger partial charge in [-0.05, 0) is 31.4 Å². The van der Waals surface area contributed by atoms with Crippen molar-refractivity contribution < 1.29 is 13.6 Å². The highest BCUT2D eigenvalue weighted by Gasteiger charge is 2.28. The molecule has 3 heterocycles. The van der Waals surface area contributed by atoms with Gasteiger partial charge >= 0.3 is 0 Å². The molecule has 158 valence electrons. The van der Waals surface area contributed by atoms with E-state index in [2.05, 4.69) is 26.6 Å². The van der Waals surface area contributed by atoms with Gasteiger partial charge in [0.15, 0.2) is 17.2 Å². The van der Waals surface area contributed by atoms with Gasteiger partial charge in [0.2, 0.25) is 0 Å². The molecule has 0 atom stereocenters. The van der Waals surface area contributed by atoms with Crippen molar-refractivity contribution in [2.75, 3.05) is 5.32 Å². The lowest BCUT2D eigenvalue weighted by Gasteiger charge is -2.06. The zero-order chi connectivity index (χ0) is 21.5. The zero-order valence-corrected chi connectivity index (χ0v) is 16.8. The van der Waals surface area contributed by atoms with Gasteiger partial charge < -0.3 is 5.32 Å². The molecule has 9 heteroatoms. The van der Waals surface area contributed by atoms with E-state index in [1.165, 1.54) is 12.1 Å². The van der Waals surface area contributed by atoms with Crippen LogP contribution >= 0.6 is 0 Å². The van der Waals surface area contributed by atoms with Crippen molar-refractivity contribution in [3.05, 3.63) is 76.9 Å². The number of halogens is 2. The summed E-state index contributed by atoms with van der Waals surface area (Å²) in [6.45, 7) is 2.59. The zero-order valence-electron chi connectivity index (χ0n) is 16.8. The Morgan fingerprint density at radius 1 is 1.19 bits per heavy atom. The van der Waals surface area contributed by atoms with Gasteiger partial charge in [-0.15, -0.1) is 0 Å². The number of rotatable bonds is 6. The molecule has 1 fully saturated rings. The molecule has 0 bridgehead atoms. The second kappa shape index (κ2) is 7.57. The van der Waals surface area contributed by atoms with Gasteiger partial charge in [-0.3, -0.25) is 9.48 Å². The first kappa shape index (κ1) is 19.3. The lowest BCUT2D eigenvalue weighted by molar-refractivity contribution is 0.102. The van der Waals surface area contributed by atoms with Gasteiger partial charge in [0.05, 0.1) is 6.54 Å². The maximum absolute atomic E-state index is 13.5. The van der Waals surface area contributed by atoms with E-state index in [1.807, 2.05) is 25.1 Å². The molecule has 0 radical (unpaired) electrons. The number of benzene rings is 1. The number of anilines is 1. The largest absolute Gasteiger partial charge is 0.304 e. The second-order valence-corrected chi connectivity index (χ2v) is 7.82. The number of nitrogens with one attached hydrogen (secondary N) is 1. The Labute approximate surface area is 176 Å². The lowest BCUT2D eigenvalue weighted by Crippen LogP contribution is -2.14. The number of aromatic nitrogens is 5. The molecule has 1 saturated carbocycles. The fraction of sp³-hybridized carbons (Fsp3) is 0.273. The van der Waals surface area contributed by atoms with Crippen LogP contribution in [0.2, 0.25) is 0 Å². The van der Waals surface area contributed by atoms with Crippen LogP contribution in [0.5, 0.6) is 0 Å². The molecule has 5 rings (SSSR count). The third-order valence-electron chi connectivity index (χ3n) is 5.24. The van der Waals surface area contributed by atoms with E-state index >= 15 is 0 Å². The molecule has 1 aromatic carbocycles. The van der Waals surface area contributed by atoms with Crippen molar-refractivity contribution >= 4 is 17.4 Å². The molecule has 0 aliphatic heterocycles. The maximum Gasteiger partial charge on any atom is 0.280 e. The van der Waals surface area contributed by atoms with Crippen LogP contribution in [0, 0.1) is 6.92 Å². The predicted molar refractivity (Wildman–Crippen MR) is 110 cm³/mol. The highest BCUT2D eigenvalue weighted by Crippen LogP contribution is 2.40. The molecule has 3 aromatic heterocycles. The summed E-state index contributed by atoms with van der Waals surface area (Å²) in [4.78, 5) is 17.1. The van der Waals surface area contributed by atoms with Crippen LogP contribution in [-0.2, 0) is 6.54 Å². The minimum atomic E-state index is -2.71. The van der Waals surface area contributed by atoms with E-state index in [1.54, 1.807) is 16.9 Å². The third kappa shape index (κ3) is 4.03. The molecule has 1 aliphatic carbocycles. The molecule has 1 aliphatic rings.